The first kappa shape index (κ1) is 24.1. The Morgan fingerprint density at radius 2 is 1.68 bits per heavy atom. The van der Waals surface area contributed by atoms with Crippen molar-refractivity contribution in [1.82, 2.24) is 4.90 Å². The smallest absolute Gasteiger partial charge is 0.379 e. The van der Waals surface area contributed by atoms with E-state index in [0.29, 0.717) is 16.7 Å². The fourth-order valence-electron chi connectivity index (χ4n) is 3.39. The lowest BCUT2D eigenvalue weighted by atomic mass is 10.1. The molecule has 0 aliphatic heterocycles. The third kappa shape index (κ3) is 5.53. The average Bonchev–Trinajstić information content (AvgIpc) is 3.63. The average molecular weight is 510 g/mol. The molecule has 0 spiro atoms. The van der Waals surface area contributed by atoms with Gasteiger partial charge in [0.1, 0.15) is 10.6 Å². The predicted molar refractivity (Wildman–Crippen MR) is 120 cm³/mol. The standard InChI is InChI=1S/C24H19ClF3NO4S/c25-22-7-2-1-6-21(22)23(30)29(18-10-11-18)15-16-8-12-19(13-9-16)33-34(31,32)20-5-3-4-17(14-20)24(26,27)28/h1-9,12-14,18H,10-11,15H2. The molecule has 0 radical (unpaired) electrons. The summed E-state index contributed by atoms with van der Waals surface area (Å²) in [4.78, 5) is 14.1. The van der Waals surface area contributed by atoms with E-state index < -0.39 is 26.8 Å². The highest BCUT2D eigenvalue weighted by Gasteiger charge is 2.34. The molecule has 0 bridgehead atoms. The summed E-state index contributed by atoms with van der Waals surface area (Å²) in [7, 11) is -4.47. The summed E-state index contributed by atoms with van der Waals surface area (Å²) in [5, 5.41) is 0.363. The molecule has 0 N–H and O–H groups in total. The first-order valence-corrected chi connectivity index (χ1v) is 12.1. The van der Waals surface area contributed by atoms with E-state index in [1.54, 1.807) is 41.3 Å². The summed E-state index contributed by atoms with van der Waals surface area (Å²) < 4.78 is 68.7. The maximum atomic E-state index is 13.0. The van der Waals surface area contributed by atoms with Crippen LogP contribution in [0.4, 0.5) is 13.2 Å². The van der Waals surface area contributed by atoms with Gasteiger partial charge in [0.15, 0.2) is 0 Å². The molecule has 0 saturated heterocycles. The van der Waals surface area contributed by atoms with Crippen molar-refractivity contribution in [2.24, 2.45) is 0 Å². The third-order valence-corrected chi connectivity index (χ3v) is 6.86. The topological polar surface area (TPSA) is 63.7 Å². The van der Waals surface area contributed by atoms with Gasteiger partial charge in [-0.05, 0) is 60.9 Å². The minimum atomic E-state index is -4.68. The van der Waals surface area contributed by atoms with Gasteiger partial charge in [0.25, 0.3) is 5.91 Å². The Morgan fingerprint density at radius 3 is 2.29 bits per heavy atom. The number of benzene rings is 3. The normalized spacial score (nSPS) is 14.0. The summed E-state index contributed by atoms with van der Waals surface area (Å²) in [6, 6.07) is 16.2. The van der Waals surface area contributed by atoms with Crippen LogP contribution in [0.2, 0.25) is 5.02 Å². The Kier molecular flexibility index (Phi) is 6.60. The summed E-state index contributed by atoms with van der Waals surface area (Å²) in [5.41, 5.74) is 0.0511. The maximum absolute atomic E-state index is 13.0. The molecule has 4 rings (SSSR count). The van der Waals surface area contributed by atoms with E-state index in [4.69, 9.17) is 15.8 Å². The minimum Gasteiger partial charge on any atom is -0.379 e. The molecule has 0 heterocycles. The Morgan fingerprint density at radius 1 is 1.00 bits per heavy atom. The van der Waals surface area contributed by atoms with Crippen LogP contribution in [0.1, 0.15) is 34.3 Å². The number of hydrogen-bond acceptors (Lipinski definition) is 4. The Hall–Kier alpha value is -3.04. The molecule has 0 aromatic heterocycles. The van der Waals surface area contributed by atoms with Gasteiger partial charge in [-0.15, -0.1) is 0 Å². The zero-order valence-electron chi connectivity index (χ0n) is 17.6. The maximum Gasteiger partial charge on any atom is 0.416 e. The van der Waals surface area contributed by atoms with Crippen LogP contribution in [0.25, 0.3) is 0 Å². The van der Waals surface area contributed by atoms with Crippen LogP contribution in [0.5, 0.6) is 5.75 Å². The first-order chi connectivity index (χ1) is 16.0. The predicted octanol–water partition coefficient (Wildman–Crippen LogP) is 5.93. The van der Waals surface area contributed by atoms with E-state index >= 15 is 0 Å². The van der Waals surface area contributed by atoms with Gasteiger partial charge in [-0.1, -0.05) is 41.9 Å². The largest absolute Gasteiger partial charge is 0.416 e. The van der Waals surface area contributed by atoms with Crippen LogP contribution in [0, 0.1) is 0 Å². The fraction of sp³-hybridized carbons (Fsp3) is 0.208. The number of amides is 1. The number of rotatable bonds is 7. The number of nitrogens with zero attached hydrogens (tertiary/aromatic N) is 1. The lowest BCUT2D eigenvalue weighted by molar-refractivity contribution is -0.137. The van der Waals surface area contributed by atoms with Crippen LogP contribution in [0.3, 0.4) is 0 Å². The second-order valence-corrected chi connectivity index (χ2v) is 9.80. The lowest BCUT2D eigenvalue weighted by Gasteiger charge is -2.23. The van der Waals surface area contributed by atoms with E-state index in [1.165, 1.54) is 12.1 Å². The fourth-order valence-corrected chi connectivity index (χ4v) is 4.59. The van der Waals surface area contributed by atoms with Crippen molar-refractivity contribution in [3.63, 3.8) is 0 Å². The molecule has 3 aromatic rings. The van der Waals surface area contributed by atoms with Crippen molar-refractivity contribution in [3.8, 4) is 5.75 Å². The summed E-state index contributed by atoms with van der Waals surface area (Å²) in [6.45, 7) is 0.287. The van der Waals surface area contributed by atoms with Gasteiger partial charge in [0.05, 0.1) is 16.1 Å². The molecule has 1 aliphatic carbocycles. The van der Waals surface area contributed by atoms with E-state index in [2.05, 4.69) is 0 Å². The second-order valence-electron chi connectivity index (χ2n) is 7.85. The van der Waals surface area contributed by atoms with E-state index in [1.807, 2.05) is 0 Å². The number of halogens is 4. The van der Waals surface area contributed by atoms with Crippen molar-refractivity contribution >= 4 is 27.6 Å². The van der Waals surface area contributed by atoms with Crippen molar-refractivity contribution in [2.45, 2.75) is 36.5 Å². The zero-order chi connectivity index (χ0) is 24.5. The molecule has 1 saturated carbocycles. The minimum absolute atomic E-state index is 0.0587. The van der Waals surface area contributed by atoms with Crippen LogP contribution in [0.15, 0.2) is 77.7 Å². The van der Waals surface area contributed by atoms with Gasteiger partial charge < -0.3 is 9.08 Å². The molecule has 178 valence electrons. The van der Waals surface area contributed by atoms with Gasteiger partial charge in [0.2, 0.25) is 0 Å². The highest BCUT2D eigenvalue weighted by atomic mass is 35.5. The molecule has 34 heavy (non-hydrogen) atoms. The van der Waals surface area contributed by atoms with E-state index in [0.717, 1.165) is 36.6 Å². The van der Waals surface area contributed by atoms with Gasteiger partial charge in [-0.25, -0.2) is 0 Å². The summed E-state index contributed by atoms with van der Waals surface area (Å²) in [6.07, 6.45) is -2.92. The molecular weight excluding hydrogens is 491 g/mol. The second kappa shape index (κ2) is 9.31. The number of carbonyl (C=O) groups is 1. The Balaban J connectivity index is 1.49. The number of carbonyl (C=O) groups excluding carboxylic acids is 1. The summed E-state index contributed by atoms with van der Waals surface area (Å²) >= 11 is 6.18. The van der Waals surface area contributed by atoms with E-state index in [-0.39, 0.29) is 24.2 Å². The van der Waals surface area contributed by atoms with Crippen molar-refractivity contribution < 1.29 is 30.6 Å². The summed E-state index contributed by atoms with van der Waals surface area (Å²) in [5.74, 6) is -0.253. The number of alkyl halides is 3. The molecule has 1 amide bonds. The van der Waals surface area contributed by atoms with Gasteiger partial charge in [0, 0.05) is 12.6 Å². The molecule has 0 unspecified atom stereocenters. The molecule has 3 aromatic carbocycles. The molecular formula is C24H19ClF3NO4S. The monoisotopic (exact) mass is 509 g/mol. The lowest BCUT2D eigenvalue weighted by Crippen LogP contribution is -2.32. The Bertz CT molecular complexity index is 1310. The highest BCUT2D eigenvalue weighted by molar-refractivity contribution is 7.87. The molecule has 10 heteroatoms. The van der Waals surface area contributed by atoms with Crippen molar-refractivity contribution in [2.75, 3.05) is 0 Å². The van der Waals surface area contributed by atoms with Crippen molar-refractivity contribution in [3.05, 3.63) is 94.5 Å². The zero-order valence-corrected chi connectivity index (χ0v) is 19.2. The van der Waals surface area contributed by atoms with Gasteiger partial charge in [-0.3, -0.25) is 4.79 Å². The molecule has 1 fully saturated rings. The molecule has 5 nitrogen and oxygen atoms in total. The third-order valence-electron chi connectivity index (χ3n) is 5.29. The van der Waals surface area contributed by atoms with Crippen LogP contribution in [-0.2, 0) is 22.8 Å². The van der Waals surface area contributed by atoms with Gasteiger partial charge >= 0.3 is 16.3 Å². The SMILES string of the molecule is O=C(c1ccccc1Cl)N(Cc1ccc(OS(=O)(=O)c2cccc(C(F)(F)F)c2)cc1)C1CC1. The first-order valence-electron chi connectivity index (χ1n) is 10.3. The van der Waals surface area contributed by atoms with Gasteiger partial charge in [-0.2, -0.15) is 21.6 Å². The van der Waals surface area contributed by atoms with Crippen LogP contribution >= 0.6 is 11.6 Å². The molecule has 1 aliphatic rings. The quantitative estimate of drug-likeness (QED) is 0.370. The van der Waals surface area contributed by atoms with E-state index in [9.17, 15) is 26.4 Å². The van der Waals surface area contributed by atoms with Crippen molar-refractivity contribution in [1.29, 1.82) is 0 Å². The van der Waals surface area contributed by atoms with Crippen LogP contribution in [-0.4, -0.2) is 25.3 Å². The Labute approximate surface area is 199 Å². The highest BCUT2D eigenvalue weighted by Crippen LogP contribution is 2.33. The molecule has 0 atom stereocenters. The van der Waals surface area contributed by atoms with Crippen LogP contribution < -0.4 is 4.18 Å². The number of hydrogen-bond donors (Lipinski definition) is 0.